The summed E-state index contributed by atoms with van der Waals surface area (Å²) in [5.41, 5.74) is 3.10. The van der Waals surface area contributed by atoms with E-state index in [1.54, 1.807) is 6.07 Å². The average Bonchev–Trinajstić information content (AvgIpc) is 2.82. The first-order chi connectivity index (χ1) is 8.83. The summed E-state index contributed by atoms with van der Waals surface area (Å²) in [5.74, 6) is -0.465. The van der Waals surface area contributed by atoms with Gasteiger partial charge in [0.15, 0.2) is 0 Å². The summed E-state index contributed by atoms with van der Waals surface area (Å²) in [6, 6.07) is 11.2. The van der Waals surface area contributed by atoms with Crippen LogP contribution in [0.5, 0.6) is 0 Å². The van der Waals surface area contributed by atoms with E-state index < -0.39 is 5.95 Å². The molecule has 0 amide bonds. The van der Waals surface area contributed by atoms with Crippen LogP contribution in [0.25, 0.3) is 10.9 Å². The quantitative estimate of drug-likeness (QED) is 0.691. The number of halogens is 1. The molecule has 18 heavy (non-hydrogen) atoms. The highest BCUT2D eigenvalue weighted by Crippen LogP contribution is 2.18. The topological polar surface area (TPSA) is 40.7 Å². The lowest BCUT2D eigenvalue weighted by Crippen LogP contribution is -1.99. The van der Waals surface area contributed by atoms with Gasteiger partial charge in [-0.05, 0) is 23.8 Å². The standard InChI is InChI=1S/C14H12FN3/c15-14-6-5-11(9-18-14)16-7-10-8-17-13-4-2-1-3-12(10)13/h1-6,8-9,16-17H,7H2. The van der Waals surface area contributed by atoms with E-state index in [0.29, 0.717) is 6.54 Å². The highest BCUT2D eigenvalue weighted by Gasteiger charge is 2.02. The molecule has 3 nitrogen and oxygen atoms in total. The van der Waals surface area contributed by atoms with Gasteiger partial charge in [-0.2, -0.15) is 4.39 Å². The number of rotatable bonds is 3. The van der Waals surface area contributed by atoms with E-state index in [1.807, 2.05) is 24.4 Å². The normalized spacial score (nSPS) is 10.7. The van der Waals surface area contributed by atoms with Crippen molar-refractivity contribution in [2.24, 2.45) is 0 Å². The number of hydrogen-bond acceptors (Lipinski definition) is 2. The fourth-order valence-corrected chi connectivity index (χ4v) is 1.96. The molecule has 2 N–H and O–H groups in total. The Labute approximate surface area is 104 Å². The number of aromatic amines is 1. The van der Waals surface area contributed by atoms with Crippen LogP contribution in [0.4, 0.5) is 10.1 Å². The van der Waals surface area contributed by atoms with Gasteiger partial charge in [0.05, 0.1) is 11.9 Å². The number of H-pyrrole nitrogens is 1. The molecule has 0 aliphatic rings. The molecule has 0 radical (unpaired) electrons. The van der Waals surface area contributed by atoms with Crippen LogP contribution >= 0.6 is 0 Å². The first kappa shape index (κ1) is 10.8. The van der Waals surface area contributed by atoms with Crippen molar-refractivity contribution in [3.05, 3.63) is 60.3 Å². The molecule has 90 valence electrons. The van der Waals surface area contributed by atoms with Crippen LogP contribution in [-0.4, -0.2) is 9.97 Å². The molecule has 4 heteroatoms. The highest BCUT2D eigenvalue weighted by atomic mass is 19.1. The monoisotopic (exact) mass is 241 g/mol. The van der Waals surface area contributed by atoms with Gasteiger partial charge in [0.25, 0.3) is 0 Å². The predicted octanol–water partition coefficient (Wildman–Crippen LogP) is 3.31. The van der Waals surface area contributed by atoms with Gasteiger partial charge in [-0.15, -0.1) is 0 Å². The second-order valence-corrected chi connectivity index (χ2v) is 4.08. The zero-order chi connectivity index (χ0) is 12.4. The van der Waals surface area contributed by atoms with Gasteiger partial charge in [0.1, 0.15) is 0 Å². The highest BCUT2D eigenvalue weighted by molar-refractivity contribution is 5.83. The first-order valence-corrected chi connectivity index (χ1v) is 5.73. The molecule has 0 atom stereocenters. The molecule has 1 aromatic carbocycles. The predicted molar refractivity (Wildman–Crippen MR) is 69.8 cm³/mol. The molecule has 0 saturated carbocycles. The minimum atomic E-state index is -0.465. The van der Waals surface area contributed by atoms with Gasteiger partial charge in [0, 0.05) is 23.6 Å². The average molecular weight is 241 g/mol. The molecule has 0 aliphatic heterocycles. The van der Waals surface area contributed by atoms with Crippen LogP contribution in [0.2, 0.25) is 0 Å². The number of benzene rings is 1. The summed E-state index contributed by atoms with van der Waals surface area (Å²) in [6.07, 6.45) is 3.47. The SMILES string of the molecule is Fc1ccc(NCc2c[nH]c3ccccc23)cn1. The summed E-state index contributed by atoms with van der Waals surface area (Å²) < 4.78 is 12.7. The smallest absolute Gasteiger partial charge is 0.212 e. The Kier molecular flexibility index (Phi) is 2.68. The lowest BCUT2D eigenvalue weighted by Gasteiger charge is -2.04. The Morgan fingerprint density at radius 1 is 1.17 bits per heavy atom. The van der Waals surface area contributed by atoms with Crippen LogP contribution in [0.3, 0.4) is 0 Å². The first-order valence-electron chi connectivity index (χ1n) is 5.73. The third-order valence-corrected chi connectivity index (χ3v) is 2.89. The Balaban J connectivity index is 1.79. The summed E-state index contributed by atoms with van der Waals surface area (Å²) in [5, 5.41) is 4.41. The number of fused-ring (bicyclic) bond motifs is 1. The molecule has 0 unspecified atom stereocenters. The number of anilines is 1. The third kappa shape index (κ3) is 2.05. The van der Waals surface area contributed by atoms with Gasteiger partial charge in [0.2, 0.25) is 5.95 Å². The van der Waals surface area contributed by atoms with Crippen molar-refractivity contribution in [2.75, 3.05) is 5.32 Å². The Bertz CT molecular complexity index is 658. The van der Waals surface area contributed by atoms with Crippen molar-refractivity contribution < 1.29 is 4.39 Å². The van der Waals surface area contributed by atoms with Crippen molar-refractivity contribution in [3.8, 4) is 0 Å². The minimum Gasteiger partial charge on any atom is -0.380 e. The molecule has 3 aromatic rings. The number of aromatic nitrogens is 2. The van der Waals surface area contributed by atoms with Gasteiger partial charge in [-0.25, -0.2) is 4.98 Å². The zero-order valence-electron chi connectivity index (χ0n) is 9.65. The molecule has 2 aromatic heterocycles. The van der Waals surface area contributed by atoms with Gasteiger partial charge < -0.3 is 10.3 Å². The van der Waals surface area contributed by atoms with Crippen LogP contribution < -0.4 is 5.32 Å². The summed E-state index contributed by atoms with van der Waals surface area (Å²) in [4.78, 5) is 6.82. The van der Waals surface area contributed by atoms with E-state index >= 15 is 0 Å². The molecule has 0 fully saturated rings. The second-order valence-electron chi connectivity index (χ2n) is 4.08. The molecule has 3 rings (SSSR count). The van der Waals surface area contributed by atoms with E-state index in [1.165, 1.54) is 23.2 Å². The van der Waals surface area contributed by atoms with Crippen molar-refractivity contribution in [3.63, 3.8) is 0 Å². The van der Waals surface area contributed by atoms with Gasteiger partial charge >= 0.3 is 0 Å². The van der Waals surface area contributed by atoms with Crippen LogP contribution in [0.1, 0.15) is 5.56 Å². The number of nitrogens with zero attached hydrogens (tertiary/aromatic N) is 1. The molecule has 0 saturated heterocycles. The Morgan fingerprint density at radius 2 is 2.06 bits per heavy atom. The fraction of sp³-hybridized carbons (Fsp3) is 0.0714. The molecular weight excluding hydrogens is 229 g/mol. The van der Waals surface area contributed by atoms with Crippen LogP contribution in [-0.2, 0) is 6.54 Å². The maximum atomic E-state index is 12.7. The molecule has 0 spiro atoms. The lowest BCUT2D eigenvalue weighted by atomic mass is 10.2. The molecule has 0 bridgehead atoms. The second kappa shape index (κ2) is 4.49. The van der Waals surface area contributed by atoms with Gasteiger partial charge in [-0.3, -0.25) is 0 Å². The minimum absolute atomic E-state index is 0.465. The van der Waals surface area contributed by atoms with E-state index in [-0.39, 0.29) is 0 Å². The molecule has 2 heterocycles. The summed E-state index contributed by atoms with van der Waals surface area (Å²) >= 11 is 0. The van der Waals surface area contributed by atoms with Gasteiger partial charge in [-0.1, -0.05) is 18.2 Å². The van der Waals surface area contributed by atoms with Crippen LogP contribution in [0, 0.1) is 5.95 Å². The zero-order valence-corrected chi connectivity index (χ0v) is 9.65. The van der Waals surface area contributed by atoms with E-state index in [4.69, 9.17) is 0 Å². The number of para-hydroxylation sites is 1. The van der Waals surface area contributed by atoms with Crippen molar-refractivity contribution in [1.29, 1.82) is 0 Å². The largest absolute Gasteiger partial charge is 0.380 e. The lowest BCUT2D eigenvalue weighted by molar-refractivity contribution is 0.584. The van der Waals surface area contributed by atoms with Crippen LogP contribution in [0.15, 0.2) is 48.8 Å². The number of pyridine rings is 1. The number of nitrogens with one attached hydrogen (secondary N) is 2. The van der Waals surface area contributed by atoms with Crippen molar-refractivity contribution in [2.45, 2.75) is 6.54 Å². The van der Waals surface area contributed by atoms with E-state index in [0.717, 1.165) is 11.2 Å². The Hall–Kier alpha value is -2.36. The molecule has 0 aliphatic carbocycles. The molecular formula is C14H12FN3. The van der Waals surface area contributed by atoms with Crippen molar-refractivity contribution in [1.82, 2.24) is 9.97 Å². The maximum Gasteiger partial charge on any atom is 0.212 e. The number of hydrogen-bond donors (Lipinski definition) is 2. The van der Waals surface area contributed by atoms with E-state index in [2.05, 4.69) is 21.4 Å². The summed E-state index contributed by atoms with van der Waals surface area (Å²) in [6.45, 7) is 0.678. The summed E-state index contributed by atoms with van der Waals surface area (Å²) in [7, 11) is 0. The third-order valence-electron chi connectivity index (χ3n) is 2.89. The Morgan fingerprint density at radius 3 is 2.89 bits per heavy atom. The van der Waals surface area contributed by atoms with Crippen molar-refractivity contribution >= 4 is 16.6 Å². The maximum absolute atomic E-state index is 12.7. The van der Waals surface area contributed by atoms with E-state index in [9.17, 15) is 4.39 Å². The fourth-order valence-electron chi connectivity index (χ4n) is 1.96.